The zero-order valence-corrected chi connectivity index (χ0v) is 17.2. The maximum Gasteiger partial charge on any atom is 0.270 e. The van der Waals surface area contributed by atoms with Crippen LogP contribution in [-0.4, -0.2) is 42.0 Å². The van der Waals surface area contributed by atoms with Gasteiger partial charge in [-0.15, -0.1) is 0 Å². The van der Waals surface area contributed by atoms with Crippen LogP contribution in [0.2, 0.25) is 0 Å². The van der Waals surface area contributed by atoms with Crippen molar-refractivity contribution in [3.63, 3.8) is 0 Å². The minimum atomic E-state index is -0.317. The standard InChI is InChI=1S/C23H20N4O5/c1-15(28)25-17-5-4-6-18(12-17)30-10-3-2-9-24-23(29)20-13-19(26-27-20)16-7-8-21-22(11-16)32-14-31-21/h4-8,11-13H,9-10,14H2,1H3,(H,24,29)(H,25,28)(H,26,27). The minimum absolute atomic E-state index is 0.151. The molecule has 2 heterocycles. The van der Waals surface area contributed by atoms with Gasteiger partial charge in [0.25, 0.3) is 5.91 Å². The molecule has 1 aliphatic rings. The van der Waals surface area contributed by atoms with Crippen LogP contribution in [0.15, 0.2) is 48.5 Å². The Hall–Kier alpha value is -4.45. The van der Waals surface area contributed by atoms with Crippen LogP contribution in [-0.2, 0) is 4.79 Å². The Labute approximate surface area is 184 Å². The zero-order valence-electron chi connectivity index (χ0n) is 17.2. The Bertz CT molecular complexity index is 1210. The highest BCUT2D eigenvalue weighted by Gasteiger charge is 2.16. The number of amides is 2. The summed E-state index contributed by atoms with van der Waals surface area (Å²) in [6.45, 7) is 1.95. The van der Waals surface area contributed by atoms with E-state index in [-0.39, 0.29) is 31.8 Å². The summed E-state index contributed by atoms with van der Waals surface area (Å²) >= 11 is 0. The first kappa shape index (κ1) is 20.8. The van der Waals surface area contributed by atoms with E-state index in [1.807, 2.05) is 12.1 Å². The van der Waals surface area contributed by atoms with Gasteiger partial charge in [0.1, 0.15) is 18.1 Å². The molecule has 0 aliphatic carbocycles. The Kier molecular flexibility index (Phi) is 6.22. The molecule has 0 fully saturated rings. The minimum Gasteiger partial charge on any atom is -0.481 e. The molecule has 9 heteroatoms. The first-order valence-electron chi connectivity index (χ1n) is 9.78. The highest BCUT2D eigenvalue weighted by molar-refractivity contribution is 5.93. The largest absolute Gasteiger partial charge is 0.481 e. The number of aromatic amines is 1. The van der Waals surface area contributed by atoms with Crippen molar-refractivity contribution in [1.82, 2.24) is 15.5 Å². The van der Waals surface area contributed by atoms with Gasteiger partial charge in [0.05, 0.1) is 12.2 Å². The molecule has 32 heavy (non-hydrogen) atoms. The van der Waals surface area contributed by atoms with Crippen LogP contribution in [0.25, 0.3) is 11.3 Å². The van der Waals surface area contributed by atoms with Crippen LogP contribution in [0.1, 0.15) is 17.4 Å². The first-order valence-corrected chi connectivity index (χ1v) is 9.78. The van der Waals surface area contributed by atoms with E-state index in [9.17, 15) is 9.59 Å². The van der Waals surface area contributed by atoms with Crippen molar-refractivity contribution >= 4 is 17.5 Å². The number of hydrogen-bond donors (Lipinski definition) is 3. The first-order chi connectivity index (χ1) is 15.6. The van der Waals surface area contributed by atoms with E-state index in [4.69, 9.17) is 14.2 Å². The molecule has 4 rings (SSSR count). The fourth-order valence-electron chi connectivity index (χ4n) is 2.96. The van der Waals surface area contributed by atoms with Crippen LogP contribution >= 0.6 is 0 Å². The smallest absolute Gasteiger partial charge is 0.270 e. The Morgan fingerprint density at radius 2 is 2.00 bits per heavy atom. The lowest BCUT2D eigenvalue weighted by molar-refractivity contribution is -0.114. The fraction of sp³-hybridized carbons (Fsp3) is 0.174. The normalized spacial score (nSPS) is 11.3. The van der Waals surface area contributed by atoms with Gasteiger partial charge in [0.2, 0.25) is 12.7 Å². The number of aromatic nitrogens is 2. The molecule has 0 saturated carbocycles. The number of benzene rings is 2. The molecule has 1 aliphatic heterocycles. The molecule has 162 valence electrons. The molecule has 0 bridgehead atoms. The van der Waals surface area contributed by atoms with Gasteiger partial charge in [-0.25, -0.2) is 0 Å². The average molecular weight is 432 g/mol. The van der Waals surface area contributed by atoms with E-state index < -0.39 is 0 Å². The highest BCUT2D eigenvalue weighted by atomic mass is 16.7. The molecule has 2 amide bonds. The van der Waals surface area contributed by atoms with Gasteiger partial charge in [0.15, 0.2) is 11.5 Å². The van der Waals surface area contributed by atoms with E-state index in [2.05, 4.69) is 32.7 Å². The average Bonchev–Trinajstić information content (AvgIpc) is 3.45. The number of rotatable bonds is 6. The van der Waals surface area contributed by atoms with Crippen molar-refractivity contribution in [2.75, 3.05) is 25.3 Å². The van der Waals surface area contributed by atoms with E-state index in [1.54, 1.807) is 36.4 Å². The topological polar surface area (TPSA) is 115 Å². The number of carbonyl (C=O) groups excluding carboxylic acids is 2. The fourth-order valence-corrected chi connectivity index (χ4v) is 2.96. The third kappa shape index (κ3) is 5.17. The molecule has 1 aromatic heterocycles. The molecule has 3 aromatic rings. The Balaban J connectivity index is 1.25. The summed E-state index contributed by atoms with van der Waals surface area (Å²) in [6.07, 6.45) is 0. The molecule has 2 aromatic carbocycles. The molecular formula is C23H20N4O5. The van der Waals surface area contributed by atoms with Gasteiger partial charge in [-0.3, -0.25) is 14.7 Å². The lowest BCUT2D eigenvalue weighted by Crippen LogP contribution is -2.24. The van der Waals surface area contributed by atoms with Crippen molar-refractivity contribution in [2.24, 2.45) is 0 Å². The molecule has 0 saturated heterocycles. The van der Waals surface area contributed by atoms with Crippen molar-refractivity contribution in [2.45, 2.75) is 6.92 Å². The molecular weight excluding hydrogens is 412 g/mol. The molecule has 0 radical (unpaired) electrons. The second kappa shape index (κ2) is 9.57. The molecule has 0 unspecified atom stereocenters. The van der Waals surface area contributed by atoms with Gasteiger partial charge in [-0.2, -0.15) is 5.10 Å². The summed E-state index contributed by atoms with van der Waals surface area (Å²) in [4.78, 5) is 23.4. The second-order valence-electron chi connectivity index (χ2n) is 6.77. The predicted molar refractivity (Wildman–Crippen MR) is 116 cm³/mol. The monoisotopic (exact) mass is 432 g/mol. The SMILES string of the molecule is CC(=O)Nc1cccc(OCC#CCNC(=O)c2cc(-c3ccc4c(c3)OCO4)n[nH]2)c1. The summed E-state index contributed by atoms with van der Waals surface area (Å²) in [6, 6.07) is 14.1. The van der Waals surface area contributed by atoms with Gasteiger partial charge < -0.3 is 24.8 Å². The summed E-state index contributed by atoms with van der Waals surface area (Å²) in [7, 11) is 0. The van der Waals surface area contributed by atoms with Gasteiger partial charge in [-0.1, -0.05) is 17.9 Å². The summed E-state index contributed by atoms with van der Waals surface area (Å²) in [5, 5.41) is 12.3. The number of fused-ring (bicyclic) bond motifs is 1. The maximum absolute atomic E-state index is 12.3. The lowest BCUT2D eigenvalue weighted by atomic mass is 10.1. The van der Waals surface area contributed by atoms with E-state index in [0.717, 1.165) is 5.56 Å². The van der Waals surface area contributed by atoms with Gasteiger partial charge in [0, 0.05) is 24.2 Å². The van der Waals surface area contributed by atoms with Crippen LogP contribution in [0.3, 0.4) is 0 Å². The number of H-pyrrole nitrogens is 1. The molecule has 0 atom stereocenters. The van der Waals surface area contributed by atoms with Crippen LogP contribution in [0, 0.1) is 11.8 Å². The van der Waals surface area contributed by atoms with Crippen molar-refractivity contribution < 1.29 is 23.8 Å². The predicted octanol–water partition coefficient (Wildman–Crippen LogP) is 2.58. The van der Waals surface area contributed by atoms with E-state index >= 15 is 0 Å². The van der Waals surface area contributed by atoms with E-state index in [0.29, 0.717) is 34.3 Å². The molecule has 9 nitrogen and oxygen atoms in total. The third-order valence-electron chi connectivity index (χ3n) is 4.42. The maximum atomic E-state index is 12.3. The van der Waals surface area contributed by atoms with Crippen LogP contribution < -0.4 is 24.8 Å². The number of hydrogen-bond acceptors (Lipinski definition) is 6. The summed E-state index contributed by atoms with van der Waals surface area (Å²) < 4.78 is 16.2. The van der Waals surface area contributed by atoms with Gasteiger partial charge >= 0.3 is 0 Å². The molecule has 3 N–H and O–H groups in total. The molecule has 0 spiro atoms. The van der Waals surface area contributed by atoms with Crippen molar-refractivity contribution in [1.29, 1.82) is 0 Å². The number of nitrogens with one attached hydrogen (secondary N) is 3. The van der Waals surface area contributed by atoms with Crippen LogP contribution in [0.5, 0.6) is 17.2 Å². The second-order valence-corrected chi connectivity index (χ2v) is 6.77. The number of anilines is 1. The van der Waals surface area contributed by atoms with Crippen molar-refractivity contribution in [3.8, 4) is 40.3 Å². The summed E-state index contributed by atoms with van der Waals surface area (Å²) in [5.74, 6) is 7.11. The zero-order chi connectivity index (χ0) is 22.3. The van der Waals surface area contributed by atoms with Gasteiger partial charge in [-0.05, 0) is 36.4 Å². The lowest BCUT2D eigenvalue weighted by Gasteiger charge is -2.05. The number of ether oxygens (including phenoxy) is 3. The summed E-state index contributed by atoms with van der Waals surface area (Å²) in [5.41, 5.74) is 2.40. The quantitative estimate of drug-likeness (QED) is 0.516. The Morgan fingerprint density at radius 1 is 1.12 bits per heavy atom. The van der Waals surface area contributed by atoms with E-state index in [1.165, 1.54) is 6.92 Å². The number of carbonyl (C=O) groups is 2. The Morgan fingerprint density at radius 3 is 2.88 bits per heavy atom. The highest BCUT2D eigenvalue weighted by Crippen LogP contribution is 2.35. The third-order valence-corrected chi connectivity index (χ3v) is 4.42. The van der Waals surface area contributed by atoms with Crippen molar-refractivity contribution in [3.05, 3.63) is 54.2 Å². The van der Waals surface area contributed by atoms with Crippen LogP contribution in [0.4, 0.5) is 5.69 Å². The number of nitrogens with zero attached hydrogens (tertiary/aromatic N) is 1.